The van der Waals surface area contributed by atoms with E-state index in [1.165, 1.54) is 4.40 Å². The molecule has 0 unspecified atom stereocenters. The van der Waals surface area contributed by atoms with Crippen LogP contribution in [0.4, 0.5) is 4.39 Å². The monoisotopic (exact) mass is 338 g/mol. The normalized spacial score (nSPS) is 23.7. The maximum Gasteiger partial charge on any atom is 0.277 e. The fraction of sp³-hybridized carbons (Fsp3) is 0.500. The first-order valence-corrected chi connectivity index (χ1v) is 7.81. The summed E-state index contributed by atoms with van der Waals surface area (Å²) in [7, 11) is 0. The largest absolute Gasteiger partial charge is 0.335 e. The zero-order valence-electron chi connectivity index (χ0n) is 13.0. The van der Waals surface area contributed by atoms with Crippen molar-refractivity contribution in [3.63, 3.8) is 0 Å². The van der Waals surface area contributed by atoms with E-state index >= 15 is 0 Å². The van der Waals surface area contributed by atoms with Crippen LogP contribution in [0.3, 0.4) is 0 Å². The van der Waals surface area contributed by atoms with Gasteiger partial charge in [-0.3, -0.25) is 9.20 Å². The Morgan fingerprint density at radius 1 is 1.43 bits per heavy atom. The summed E-state index contributed by atoms with van der Waals surface area (Å²) < 4.78 is 15.9. The number of pyridine rings is 1. The number of aromatic nitrogens is 2. The molecule has 0 saturated carbocycles. The molecule has 2 saturated heterocycles. The molecular weight excluding hydrogens is 319 g/mol. The number of nitrogens with one attached hydrogen (secondary N) is 1. The summed E-state index contributed by atoms with van der Waals surface area (Å²) >= 11 is 0. The zero-order valence-corrected chi connectivity index (χ0v) is 13.8. The molecule has 2 atom stereocenters. The van der Waals surface area contributed by atoms with Crippen LogP contribution in [-0.4, -0.2) is 45.9 Å². The molecule has 0 bridgehead atoms. The summed E-state index contributed by atoms with van der Waals surface area (Å²) in [5.41, 5.74) is 1.31. The number of nitrogens with zero attached hydrogens (tertiary/aromatic N) is 3. The third-order valence-corrected chi connectivity index (χ3v) is 4.88. The Hall–Kier alpha value is -1.66. The number of halogens is 2. The number of rotatable bonds is 1. The highest BCUT2D eigenvalue weighted by atomic mass is 35.5. The number of carbonyl (C=O) groups is 1. The highest BCUT2D eigenvalue weighted by Crippen LogP contribution is 2.26. The number of fused-ring (bicyclic) bond motifs is 2. The molecule has 0 aliphatic carbocycles. The van der Waals surface area contributed by atoms with Gasteiger partial charge in [0.2, 0.25) is 5.95 Å². The van der Waals surface area contributed by atoms with E-state index in [9.17, 15) is 9.18 Å². The van der Waals surface area contributed by atoms with Gasteiger partial charge in [-0.2, -0.15) is 4.39 Å². The lowest BCUT2D eigenvalue weighted by atomic mass is 9.94. The second-order valence-electron chi connectivity index (χ2n) is 6.31. The van der Waals surface area contributed by atoms with E-state index in [4.69, 9.17) is 0 Å². The summed E-state index contributed by atoms with van der Waals surface area (Å²) in [5, 5.41) is 3.45. The Morgan fingerprint density at radius 3 is 3.00 bits per heavy atom. The van der Waals surface area contributed by atoms with Gasteiger partial charge >= 0.3 is 0 Å². The number of carbonyl (C=O) groups excluding carboxylic acids is 1. The highest BCUT2D eigenvalue weighted by molar-refractivity contribution is 5.93. The zero-order chi connectivity index (χ0) is 15.3. The predicted molar refractivity (Wildman–Crippen MR) is 87.6 cm³/mol. The number of aryl methyl sites for hydroxylation is 1. The third-order valence-electron chi connectivity index (χ3n) is 4.88. The number of likely N-dealkylation sites (tertiary alicyclic amines) is 1. The molecule has 4 rings (SSSR count). The Kier molecular flexibility index (Phi) is 4.29. The van der Waals surface area contributed by atoms with Crippen molar-refractivity contribution < 1.29 is 9.18 Å². The van der Waals surface area contributed by atoms with Gasteiger partial charge in [-0.05, 0) is 43.9 Å². The van der Waals surface area contributed by atoms with Crippen molar-refractivity contribution in [2.75, 3.05) is 19.6 Å². The number of piperidine rings is 1. The minimum absolute atomic E-state index is 0. The van der Waals surface area contributed by atoms with Gasteiger partial charge in [0.1, 0.15) is 5.65 Å². The fourth-order valence-electron chi connectivity index (χ4n) is 3.67. The number of amides is 1. The van der Waals surface area contributed by atoms with Gasteiger partial charge in [0.15, 0.2) is 5.69 Å². The molecule has 0 spiro atoms. The van der Waals surface area contributed by atoms with Crippen LogP contribution < -0.4 is 5.32 Å². The molecule has 0 aromatic carbocycles. The van der Waals surface area contributed by atoms with Crippen LogP contribution in [0.15, 0.2) is 18.3 Å². The van der Waals surface area contributed by atoms with Crippen LogP contribution in [0, 0.1) is 18.8 Å². The average molecular weight is 339 g/mol. The molecule has 7 heteroatoms. The Morgan fingerprint density at radius 2 is 2.26 bits per heavy atom. The second-order valence-corrected chi connectivity index (χ2v) is 6.31. The topological polar surface area (TPSA) is 49.6 Å². The standard InChI is InChI=1S/C16H19FN4O.ClH/c1-10-4-3-7-21-14(17)13(19-15(10)21)16(22)20-8-11-5-2-6-18-12(11)9-20;/h3-4,7,11-12,18H,2,5-6,8-9H2,1H3;1H/t11-,12+;/m0./s1. The molecule has 2 aromatic rings. The fourth-order valence-corrected chi connectivity index (χ4v) is 3.67. The van der Waals surface area contributed by atoms with E-state index in [0.717, 1.165) is 24.9 Å². The summed E-state index contributed by atoms with van der Waals surface area (Å²) in [6.45, 7) is 4.22. The van der Waals surface area contributed by atoms with Crippen LogP contribution in [0.1, 0.15) is 28.9 Å². The summed E-state index contributed by atoms with van der Waals surface area (Å²) in [6.07, 6.45) is 3.88. The van der Waals surface area contributed by atoms with Gasteiger partial charge in [-0.25, -0.2) is 4.98 Å². The average Bonchev–Trinajstić information content (AvgIpc) is 3.09. The number of imidazole rings is 1. The molecule has 5 nitrogen and oxygen atoms in total. The molecule has 2 fully saturated rings. The van der Waals surface area contributed by atoms with Gasteiger partial charge in [-0.15, -0.1) is 12.4 Å². The van der Waals surface area contributed by atoms with E-state index in [2.05, 4.69) is 10.3 Å². The van der Waals surface area contributed by atoms with Crippen molar-refractivity contribution in [1.29, 1.82) is 0 Å². The Bertz CT molecular complexity index is 733. The second kappa shape index (κ2) is 6.09. The van der Waals surface area contributed by atoms with Crippen LogP contribution >= 0.6 is 12.4 Å². The molecule has 1 N–H and O–H groups in total. The third kappa shape index (κ3) is 2.60. The molecule has 0 radical (unpaired) electrons. The van der Waals surface area contributed by atoms with Gasteiger partial charge in [0.05, 0.1) is 0 Å². The molecule has 2 aromatic heterocycles. The molecular formula is C16H20ClFN4O. The lowest BCUT2D eigenvalue weighted by Gasteiger charge is -2.24. The van der Waals surface area contributed by atoms with Crippen molar-refractivity contribution in [2.24, 2.45) is 5.92 Å². The van der Waals surface area contributed by atoms with Crippen molar-refractivity contribution in [3.05, 3.63) is 35.5 Å². The summed E-state index contributed by atoms with van der Waals surface area (Å²) in [6, 6.07) is 3.97. The Balaban J connectivity index is 0.00000156. The van der Waals surface area contributed by atoms with Gasteiger partial charge in [0, 0.05) is 25.3 Å². The maximum absolute atomic E-state index is 14.5. The van der Waals surface area contributed by atoms with E-state index in [0.29, 0.717) is 30.7 Å². The smallest absolute Gasteiger partial charge is 0.277 e. The van der Waals surface area contributed by atoms with Crippen molar-refractivity contribution in [3.8, 4) is 0 Å². The first kappa shape index (κ1) is 16.2. The number of hydrogen-bond acceptors (Lipinski definition) is 3. The minimum Gasteiger partial charge on any atom is -0.335 e. The summed E-state index contributed by atoms with van der Waals surface area (Å²) in [5.74, 6) is -0.372. The molecule has 4 heterocycles. The quantitative estimate of drug-likeness (QED) is 0.865. The highest BCUT2D eigenvalue weighted by Gasteiger charge is 2.38. The predicted octanol–water partition coefficient (Wildman–Crippen LogP) is 2.03. The molecule has 124 valence electrons. The lowest BCUT2D eigenvalue weighted by Crippen LogP contribution is -2.41. The first-order chi connectivity index (χ1) is 10.6. The maximum atomic E-state index is 14.5. The van der Waals surface area contributed by atoms with E-state index in [1.807, 2.05) is 13.0 Å². The van der Waals surface area contributed by atoms with Crippen molar-refractivity contribution in [1.82, 2.24) is 19.6 Å². The van der Waals surface area contributed by atoms with Crippen molar-refractivity contribution in [2.45, 2.75) is 25.8 Å². The van der Waals surface area contributed by atoms with E-state index in [-0.39, 0.29) is 24.0 Å². The van der Waals surface area contributed by atoms with Crippen LogP contribution in [0.5, 0.6) is 0 Å². The molecule has 1 amide bonds. The molecule has 2 aliphatic heterocycles. The Labute approximate surface area is 140 Å². The van der Waals surface area contributed by atoms with E-state index in [1.54, 1.807) is 17.2 Å². The lowest BCUT2D eigenvalue weighted by molar-refractivity contribution is 0.0775. The van der Waals surface area contributed by atoms with Crippen molar-refractivity contribution >= 4 is 24.0 Å². The van der Waals surface area contributed by atoms with Gasteiger partial charge in [-0.1, -0.05) is 6.07 Å². The van der Waals surface area contributed by atoms with Crippen LogP contribution in [-0.2, 0) is 0 Å². The number of hydrogen-bond donors (Lipinski definition) is 1. The van der Waals surface area contributed by atoms with Gasteiger partial charge in [0.25, 0.3) is 5.91 Å². The molecule has 23 heavy (non-hydrogen) atoms. The summed E-state index contributed by atoms with van der Waals surface area (Å²) in [4.78, 5) is 18.7. The van der Waals surface area contributed by atoms with Gasteiger partial charge < -0.3 is 10.2 Å². The van der Waals surface area contributed by atoms with Crippen LogP contribution in [0.2, 0.25) is 0 Å². The van der Waals surface area contributed by atoms with E-state index < -0.39 is 5.95 Å². The van der Waals surface area contributed by atoms with Crippen LogP contribution in [0.25, 0.3) is 5.65 Å². The minimum atomic E-state index is -0.563. The molecule has 2 aliphatic rings. The first-order valence-electron chi connectivity index (χ1n) is 7.81. The SMILES string of the molecule is Cc1cccn2c(F)c(C(=O)N3C[C@@H]4CCCN[C@@H]4C3)nc12.Cl.